The number of hydrogen-bond donors (Lipinski definition) is 3. The fraction of sp³-hybridized carbons (Fsp3) is 0.250. The summed E-state index contributed by atoms with van der Waals surface area (Å²) in [4.78, 5) is 45.0. The summed E-state index contributed by atoms with van der Waals surface area (Å²) in [6, 6.07) is 2.46. The number of benzene rings is 1. The molecule has 1 unspecified atom stereocenters. The van der Waals surface area contributed by atoms with Gasteiger partial charge in [0.1, 0.15) is 28.8 Å². The van der Waals surface area contributed by atoms with Crippen molar-refractivity contribution in [3.8, 4) is 0 Å². The van der Waals surface area contributed by atoms with Crippen LogP contribution in [0.5, 0.6) is 0 Å². The van der Waals surface area contributed by atoms with Gasteiger partial charge < -0.3 is 16.0 Å². The van der Waals surface area contributed by atoms with Gasteiger partial charge in [0.05, 0.1) is 6.20 Å². The minimum Gasteiger partial charge on any atom is -0.349 e. The maximum atomic E-state index is 13.5. The molecule has 0 aliphatic carbocycles. The van der Waals surface area contributed by atoms with Crippen LogP contribution in [0.1, 0.15) is 31.1 Å². The predicted molar refractivity (Wildman–Crippen MR) is 120 cm³/mol. The number of carbonyl (C=O) groups is 1. The highest BCUT2D eigenvalue weighted by Crippen LogP contribution is 2.38. The van der Waals surface area contributed by atoms with Gasteiger partial charge in [0.2, 0.25) is 0 Å². The number of nitrogens with one attached hydrogen (secondary N) is 3. The van der Waals surface area contributed by atoms with E-state index in [0.717, 1.165) is 12.1 Å². The second-order valence-corrected chi connectivity index (χ2v) is 9.39. The first-order valence-electron chi connectivity index (χ1n) is 9.03. The molecule has 3 rings (SSSR count). The standard InChI is InChI=1S/C20H18F2IN5O3/c1-19(2,3)20(23,28-18(31)10-6-11(21)8-12(22)7-10)27-15-14(16(29)17(15)30)26-13-9-24-4-5-25-13/h4-9,27H,1-3H3,(H,25,26)(H,28,31). The van der Waals surface area contributed by atoms with Gasteiger partial charge in [-0.2, -0.15) is 0 Å². The average molecular weight is 541 g/mol. The van der Waals surface area contributed by atoms with Crippen molar-refractivity contribution in [1.82, 2.24) is 15.3 Å². The number of rotatable bonds is 6. The second-order valence-electron chi connectivity index (χ2n) is 7.77. The fourth-order valence-electron chi connectivity index (χ4n) is 2.61. The smallest absolute Gasteiger partial charge is 0.253 e. The van der Waals surface area contributed by atoms with Gasteiger partial charge >= 0.3 is 0 Å². The molecule has 1 amide bonds. The van der Waals surface area contributed by atoms with Crippen LogP contribution in [0, 0.1) is 17.0 Å². The summed E-state index contributed by atoms with van der Waals surface area (Å²) in [7, 11) is 0. The van der Waals surface area contributed by atoms with E-state index in [1.165, 1.54) is 18.6 Å². The minimum atomic E-state index is -1.31. The summed E-state index contributed by atoms with van der Waals surface area (Å²) in [5, 5.41) is 8.33. The van der Waals surface area contributed by atoms with Gasteiger partial charge in [0.15, 0.2) is 3.67 Å². The number of alkyl halides is 1. The van der Waals surface area contributed by atoms with E-state index in [2.05, 4.69) is 25.9 Å². The van der Waals surface area contributed by atoms with Crippen LogP contribution in [-0.2, 0) is 0 Å². The summed E-state index contributed by atoms with van der Waals surface area (Å²) in [5.74, 6) is -2.30. The maximum absolute atomic E-state index is 13.5. The number of anilines is 3. The van der Waals surface area contributed by atoms with Crippen molar-refractivity contribution in [2.24, 2.45) is 5.41 Å². The van der Waals surface area contributed by atoms with E-state index in [0.29, 0.717) is 6.07 Å². The van der Waals surface area contributed by atoms with Gasteiger partial charge in [-0.15, -0.1) is 0 Å². The third-order valence-corrected chi connectivity index (χ3v) is 6.63. The van der Waals surface area contributed by atoms with Crippen LogP contribution in [0.3, 0.4) is 0 Å². The molecule has 0 bridgehead atoms. The van der Waals surface area contributed by atoms with Crippen LogP contribution < -0.4 is 26.8 Å². The summed E-state index contributed by atoms with van der Waals surface area (Å²) in [6.07, 6.45) is 4.24. The Bertz CT molecular complexity index is 1190. The Kier molecular flexibility index (Phi) is 6.07. The SMILES string of the molecule is CC(C)(C)C(I)(NC(=O)c1cc(F)cc(F)c1)Nc1c(Nc2cnccn2)c(=O)c1=O. The largest absolute Gasteiger partial charge is 0.349 e. The van der Waals surface area contributed by atoms with Crippen LogP contribution in [0.25, 0.3) is 0 Å². The number of hydrogen-bond acceptors (Lipinski definition) is 7. The van der Waals surface area contributed by atoms with Crippen LogP contribution in [0.4, 0.5) is 26.0 Å². The molecule has 0 aliphatic rings. The van der Waals surface area contributed by atoms with Crippen molar-refractivity contribution in [1.29, 1.82) is 0 Å². The lowest BCUT2D eigenvalue weighted by atomic mass is 9.91. The highest BCUT2D eigenvalue weighted by atomic mass is 127. The highest BCUT2D eigenvalue weighted by molar-refractivity contribution is 14.1. The molecule has 1 atom stereocenters. The lowest BCUT2D eigenvalue weighted by Crippen LogP contribution is -2.59. The normalized spacial score (nSPS) is 13.5. The van der Waals surface area contributed by atoms with Gasteiger partial charge in [-0.05, 0) is 34.7 Å². The Hall–Kier alpha value is -2.96. The molecule has 0 saturated carbocycles. The van der Waals surface area contributed by atoms with Crippen LogP contribution in [-0.4, -0.2) is 19.5 Å². The van der Waals surface area contributed by atoms with E-state index in [9.17, 15) is 23.2 Å². The van der Waals surface area contributed by atoms with E-state index < -0.39 is 37.5 Å². The van der Waals surface area contributed by atoms with Crippen molar-refractivity contribution in [3.05, 3.63) is 74.4 Å². The van der Waals surface area contributed by atoms with E-state index in [4.69, 9.17) is 0 Å². The molecule has 8 nitrogen and oxygen atoms in total. The number of amides is 1. The van der Waals surface area contributed by atoms with Crippen molar-refractivity contribution >= 4 is 45.7 Å². The molecule has 0 fully saturated rings. The Labute approximate surface area is 189 Å². The van der Waals surface area contributed by atoms with E-state index in [-0.39, 0.29) is 22.8 Å². The van der Waals surface area contributed by atoms with E-state index in [1.54, 1.807) is 20.8 Å². The van der Waals surface area contributed by atoms with Gasteiger partial charge in [-0.1, -0.05) is 20.8 Å². The summed E-state index contributed by atoms with van der Waals surface area (Å²) in [6.45, 7) is 5.33. The number of nitrogens with zero attached hydrogens (tertiary/aromatic N) is 2. The molecule has 0 aliphatic heterocycles. The summed E-state index contributed by atoms with van der Waals surface area (Å²) >= 11 is 1.89. The molecule has 1 heterocycles. The molecular weight excluding hydrogens is 523 g/mol. The number of halogens is 3. The highest BCUT2D eigenvalue weighted by Gasteiger charge is 2.43. The Balaban J connectivity index is 1.92. The van der Waals surface area contributed by atoms with Crippen molar-refractivity contribution in [3.63, 3.8) is 0 Å². The molecule has 3 aromatic rings. The number of carbonyl (C=O) groups excluding carboxylic acids is 1. The van der Waals surface area contributed by atoms with Crippen LogP contribution >= 0.6 is 22.6 Å². The molecule has 2 aromatic carbocycles. The van der Waals surface area contributed by atoms with Crippen molar-refractivity contribution < 1.29 is 13.6 Å². The van der Waals surface area contributed by atoms with Crippen molar-refractivity contribution in [2.45, 2.75) is 24.4 Å². The summed E-state index contributed by atoms with van der Waals surface area (Å²) < 4.78 is 25.8. The second kappa shape index (κ2) is 8.29. The zero-order valence-corrected chi connectivity index (χ0v) is 18.9. The van der Waals surface area contributed by atoms with Gasteiger partial charge in [-0.25, -0.2) is 13.8 Å². The Morgan fingerprint density at radius 2 is 1.61 bits per heavy atom. The molecule has 31 heavy (non-hydrogen) atoms. The average Bonchev–Trinajstić information content (AvgIpc) is 2.69. The predicted octanol–water partition coefficient (Wildman–Crippen LogP) is 3.07. The third-order valence-electron chi connectivity index (χ3n) is 4.47. The molecule has 3 N–H and O–H groups in total. The maximum Gasteiger partial charge on any atom is 0.253 e. The lowest BCUT2D eigenvalue weighted by molar-refractivity contribution is 0.0905. The Morgan fingerprint density at radius 1 is 1.00 bits per heavy atom. The molecule has 0 spiro atoms. The molecule has 0 radical (unpaired) electrons. The Morgan fingerprint density at radius 3 is 2.16 bits per heavy atom. The van der Waals surface area contributed by atoms with Crippen molar-refractivity contribution in [2.75, 3.05) is 10.6 Å². The summed E-state index contributed by atoms with van der Waals surface area (Å²) in [5.41, 5.74) is -2.54. The van der Waals surface area contributed by atoms with E-state index >= 15 is 0 Å². The van der Waals surface area contributed by atoms with Gasteiger partial charge in [-0.3, -0.25) is 19.4 Å². The minimum absolute atomic E-state index is 0.0261. The zero-order chi connectivity index (χ0) is 23.0. The van der Waals surface area contributed by atoms with Crippen LogP contribution in [0.2, 0.25) is 0 Å². The third kappa shape index (κ3) is 4.70. The van der Waals surface area contributed by atoms with Crippen LogP contribution in [0.15, 0.2) is 46.4 Å². The topological polar surface area (TPSA) is 113 Å². The molecule has 11 heteroatoms. The number of aromatic nitrogens is 2. The first-order valence-corrected chi connectivity index (χ1v) is 10.1. The van der Waals surface area contributed by atoms with Gasteiger partial charge in [0, 0.05) is 29.4 Å². The fourth-order valence-corrected chi connectivity index (χ4v) is 3.13. The molecule has 1 aromatic heterocycles. The lowest BCUT2D eigenvalue weighted by Gasteiger charge is -2.42. The first-order chi connectivity index (χ1) is 14.4. The zero-order valence-electron chi connectivity index (χ0n) is 16.7. The monoisotopic (exact) mass is 541 g/mol. The molecule has 0 saturated heterocycles. The molecule has 162 valence electrons. The van der Waals surface area contributed by atoms with E-state index in [1.807, 2.05) is 22.6 Å². The first kappa shape index (κ1) is 22.7. The quantitative estimate of drug-likeness (QED) is 0.145. The molecular formula is C20H18F2IN5O3. The van der Waals surface area contributed by atoms with Gasteiger partial charge in [0.25, 0.3) is 16.8 Å².